The summed E-state index contributed by atoms with van der Waals surface area (Å²) in [6.45, 7) is 0.463. The van der Waals surface area contributed by atoms with Gasteiger partial charge in [0.15, 0.2) is 0 Å². The first kappa shape index (κ1) is 12.7. The van der Waals surface area contributed by atoms with E-state index in [0.717, 1.165) is 22.6 Å². The van der Waals surface area contributed by atoms with Gasteiger partial charge in [0, 0.05) is 29.6 Å². The number of hydrogen-bond donors (Lipinski definition) is 0. The van der Waals surface area contributed by atoms with Crippen molar-refractivity contribution < 1.29 is 9.47 Å². The number of hydrogen-bond acceptors (Lipinski definition) is 3. The number of rotatable bonds is 5. The summed E-state index contributed by atoms with van der Waals surface area (Å²) in [5.74, 6) is 1.91. The summed E-state index contributed by atoms with van der Waals surface area (Å²) in [7, 11) is 1.63. The van der Waals surface area contributed by atoms with Crippen LogP contribution in [0, 0.1) is 0 Å². The molecule has 0 bridgehead atoms. The summed E-state index contributed by atoms with van der Waals surface area (Å²) in [5.41, 5.74) is 1.96. The highest BCUT2D eigenvalue weighted by Gasteiger charge is 2.05. The molecule has 0 fully saturated rings. The lowest BCUT2D eigenvalue weighted by atomic mass is 10.2. The molecule has 0 radical (unpaired) electrons. The Bertz CT molecular complexity index is 502. The summed E-state index contributed by atoms with van der Waals surface area (Å²) in [6.07, 6.45) is 3.51. The fourth-order valence-corrected chi connectivity index (χ4v) is 1.77. The molecule has 2 rings (SSSR count). The normalized spacial score (nSPS) is 10.1. The monoisotopic (exact) mass is 263 g/mol. The summed E-state index contributed by atoms with van der Waals surface area (Å²) in [5, 5.41) is 0. The van der Waals surface area contributed by atoms with Crippen LogP contribution in [0.4, 0.5) is 0 Å². The van der Waals surface area contributed by atoms with Crippen LogP contribution in [0.1, 0.15) is 11.1 Å². The lowest BCUT2D eigenvalue weighted by Gasteiger charge is -2.11. The van der Waals surface area contributed by atoms with Crippen molar-refractivity contribution in [2.45, 2.75) is 12.5 Å². The van der Waals surface area contributed by atoms with Gasteiger partial charge in [0.25, 0.3) is 0 Å². The maximum absolute atomic E-state index is 5.88. The predicted octanol–water partition coefficient (Wildman–Crippen LogP) is 3.41. The highest BCUT2D eigenvalue weighted by atomic mass is 35.5. The van der Waals surface area contributed by atoms with Crippen LogP contribution in [0.2, 0.25) is 0 Å². The van der Waals surface area contributed by atoms with E-state index >= 15 is 0 Å². The minimum atomic E-state index is 0.409. The van der Waals surface area contributed by atoms with Crippen molar-refractivity contribution in [2.75, 3.05) is 7.11 Å². The topological polar surface area (TPSA) is 31.4 Å². The Balaban J connectivity index is 2.12. The lowest BCUT2D eigenvalue weighted by molar-refractivity contribution is 0.301. The smallest absolute Gasteiger partial charge is 0.127 e. The molecule has 0 aliphatic heterocycles. The van der Waals surface area contributed by atoms with Gasteiger partial charge in [-0.1, -0.05) is 12.1 Å². The molecule has 1 aromatic heterocycles. The van der Waals surface area contributed by atoms with Crippen LogP contribution in [-0.2, 0) is 12.5 Å². The molecule has 0 aliphatic rings. The van der Waals surface area contributed by atoms with Crippen LogP contribution in [0.3, 0.4) is 0 Å². The third-order valence-electron chi connectivity index (χ3n) is 2.54. The third-order valence-corrected chi connectivity index (χ3v) is 2.82. The van der Waals surface area contributed by atoms with Crippen molar-refractivity contribution in [2.24, 2.45) is 0 Å². The molecule has 0 saturated carbocycles. The highest BCUT2D eigenvalue weighted by Crippen LogP contribution is 2.26. The molecule has 0 spiro atoms. The predicted molar refractivity (Wildman–Crippen MR) is 71.1 cm³/mol. The van der Waals surface area contributed by atoms with Crippen LogP contribution < -0.4 is 9.47 Å². The van der Waals surface area contributed by atoms with Gasteiger partial charge in [-0.3, -0.25) is 4.98 Å². The molecular formula is C14H14ClNO2. The van der Waals surface area contributed by atoms with E-state index < -0.39 is 0 Å². The van der Waals surface area contributed by atoms with Crippen LogP contribution >= 0.6 is 11.6 Å². The van der Waals surface area contributed by atoms with Crippen molar-refractivity contribution >= 4 is 11.6 Å². The molecule has 18 heavy (non-hydrogen) atoms. The number of aromatic nitrogens is 1. The standard InChI is InChI=1S/C14H14ClNO2/c1-17-13-5-4-12(8-15)14(7-13)18-10-11-3-2-6-16-9-11/h2-7,9H,8,10H2,1H3. The fraction of sp³-hybridized carbons (Fsp3) is 0.214. The Morgan fingerprint density at radius 3 is 2.83 bits per heavy atom. The van der Waals surface area contributed by atoms with E-state index in [1.807, 2.05) is 30.3 Å². The van der Waals surface area contributed by atoms with E-state index in [2.05, 4.69) is 4.98 Å². The van der Waals surface area contributed by atoms with E-state index in [-0.39, 0.29) is 0 Å². The third kappa shape index (κ3) is 3.14. The summed E-state index contributed by atoms with van der Waals surface area (Å²) in [6, 6.07) is 9.47. The molecule has 0 unspecified atom stereocenters. The first-order valence-corrected chi connectivity index (χ1v) is 6.11. The number of pyridine rings is 1. The van der Waals surface area contributed by atoms with Crippen molar-refractivity contribution in [1.29, 1.82) is 0 Å². The van der Waals surface area contributed by atoms with Crippen molar-refractivity contribution in [3.63, 3.8) is 0 Å². The van der Waals surface area contributed by atoms with Crippen molar-refractivity contribution in [3.8, 4) is 11.5 Å². The Hall–Kier alpha value is -1.74. The molecular weight excluding hydrogens is 250 g/mol. The molecule has 0 saturated heterocycles. The zero-order valence-electron chi connectivity index (χ0n) is 10.1. The van der Waals surface area contributed by atoms with Gasteiger partial charge in [0.2, 0.25) is 0 Å². The second-order valence-corrected chi connectivity index (χ2v) is 4.02. The van der Waals surface area contributed by atoms with Gasteiger partial charge in [-0.2, -0.15) is 0 Å². The zero-order valence-corrected chi connectivity index (χ0v) is 10.9. The maximum atomic E-state index is 5.88. The molecule has 1 aromatic carbocycles. The zero-order chi connectivity index (χ0) is 12.8. The fourth-order valence-electron chi connectivity index (χ4n) is 1.55. The minimum absolute atomic E-state index is 0.409. The number of methoxy groups -OCH3 is 1. The molecule has 0 amide bonds. The first-order chi connectivity index (χ1) is 8.83. The molecule has 0 aliphatic carbocycles. The van der Waals surface area contributed by atoms with Crippen LogP contribution in [0.25, 0.3) is 0 Å². The largest absolute Gasteiger partial charge is 0.497 e. The Morgan fingerprint density at radius 2 is 2.17 bits per heavy atom. The number of halogens is 1. The van der Waals surface area contributed by atoms with E-state index in [1.54, 1.807) is 19.5 Å². The van der Waals surface area contributed by atoms with Crippen LogP contribution in [-0.4, -0.2) is 12.1 Å². The average Bonchev–Trinajstić information content (AvgIpc) is 2.45. The Morgan fingerprint density at radius 1 is 1.28 bits per heavy atom. The van der Waals surface area contributed by atoms with Gasteiger partial charge in [0.1, 0.15) is 18.1 Å². The average molecular weight is 264 g/mol. The number of nitrogens with zero attached hydrogens (tertiary/aromatic N) is 1. The molecule has 3 nitrogen and oxygen atoms in total. The van der Waals surface area contributed by atoms with Gasteiger partial charge in [-0.25, -0.2) is 0 Å². The number of ether oxygens (including phenoxy) is 2. The molecule has 94 valence electrons. The Labute approximate surface area is 111 Å². The summed E-state index contributed by atoms with van der Waals surface area (Å²) >= 11 is 5.88. The summed E-state index contributed by atoms with van der Waals surface area (Å²) < 4.78 is 10.9. The minimum Gasteiger partial charge on any atom is -0.497 e. The van der Waals surface area contributed by atoms with E-state index in [9.17, 15) is 0 Å². The van der Waals surface area contributed by atoms with Gasteiger partial charge < -0.3 is 9.47 Å². The second kappa shape index (κ2) is 6.26. The van der Waals surface area contributed by atoms with E-state index in [1.165, 1.54) is 0 Å². The molecule has 1 heterocycles. The molecule has 4 heteroatoms. The SMILES string of the molecule is COc1ccc(CCl)c(OCc2cccnc2)c1. The van der Waals surface area contributed by atoms with Crippen LogP contribution in [0.5, 0.6) is 11.5 Å². The maximum Gasteiger partial charge on any atom is 0.127 e. The van der Waals surface area contributed by atoms with Gasteiger partial charge >= 0.3 is 0 Å². The van der Waals surface area contributed by atoms with Crippen molar-refractivity contribution in [3.05, 3.63) is 53.9 Å². The van der Waals surface area contributed by atoms with Crippen molar-refractivity contribution in [1.82, 2.24) is 4.98 Å². The Kier molecular flexibility index (Phi) is 4.42. The highest BCUT2D eigenvalue weighted by molar-refractivity contribution is 6.17. The van der Waals surface area contributed by atoms with Gasteiger partial charge in [-0.15, -0.1) is 11.6 Å². The number of alkyl halides is 1. The van der Waals surface area contributed by atoms with E-state index in [0.29, 0.717) is 12.5 Å². The molecule has 0 atom stereocenters. The summed E-state index contributed by atoms with van der Waals surface area (Å²) in [4.78, 5) is 4.04. The van der Waals surface area contributed by atoms with Gasteiger partial charge in [0.05, 0.1) is 13.0 Å². The van der Waals surface area contributed by atoms with E-state index in [4.69, 9.17) is 21.1 Å². The van der Waals surface area contributed by atoms with Crippen LogP contribution in [0.15, 0.2) is 42.7 Å². The number of benzene rings is 1. The first-order valence-electron chi connectivity index (χ1n) is 5.58. The second-order valence-electron chi connectivity index (χ2n) is 3.76. The molecule has 0 N–H and O–H groups in total. The molecule has 2 aromatic rings. The quantitative estimate of drug-likeness (QED) is 0.775. The van der Waals surface area contributed by atoms with Gasteiger partial charge in [-0.05, 0) is 12.1 Å². The lowest BCUT2D eigenvalue weighted by Crippen LogP contribution is -1.98.